The molecule has 220 valence electrons. The van der Waals surface area contributed by atoms with E-state index in [-0.39, 0.29) is 22.2 Å². The Morgan fingerprint density at radius 2 is 1.67 bits per heavy atom. The van der Waals surface area contributed by atoms with Crippen LogP contribution in [0.15, 0.2) is 11.5 Å². The number of phosphoric acid groups is 3. The van der Waals surface area contributed by atoms with Gasteiger partial charge in [-0.3, -0.25) is 9.09 Å². The van der Waals surface area contributed by atoms with Gasteiger partial charge in [0, 0.05) is 5.25 Å². The van der Waals surface area contributed by atoms with E-state index in [0.29, 0.717) is 5.16 Å². The van der Waals surface area contributed by atoms with Crippen LogP contribution in [0.1, 0.15) is 44.8 Å². The number of fused-ring (bicyclic) bond motifs is 1. The van der Waals surface area contributed by atoms with Gasteiger partial charge in [-0.2, -0.15) is 8.62 Å². The van der Waals surface area contributed by atoms with Gasteiger partial charge in [0.05, 0.1) is 6.61 Å². The maximum Gasteiger partial charge on any atom is 0.490 e. The van der Waals surface area contributed by atoms with Gasteiger partial charge >= 0.3 is 23.5 Å². The monoisotopic (exact) mass is 635 g/mol. The standard InChI is InChI=1S/C17H28N5O13P3S/c18-14-11-15(20-8-19-14)22(17(21-11)39-9-5-3-1-2-4-6-9)16-13(24)12(23)10(33-16)7-32-37(28,29)35-38(30,31)34-36(25,26)27/h8-10,12-13,16,23-24H,1-7H2,(H,28,29)(H,30,31)(H2,18,19,20)(H2,25,26,27)/t10-,12-,13-,16-/m1/s1. The number of thioether (sulfide) groups is 1. The van der Waals surface area contributed by atoms with Crippen LogP contribution in [0.3, 0.4) is 0 Å². The molecule has 0 spiro atoms. The molecule has 39 heavy (non-hydrogen) atoms. The fourth-order valence-electron chi connectivity index (χ4n) is 4.28. The van der Waals surface area contributed by atoms with Crippen LogP contribution in [-0.4, -0.2) is 79.5 Å². The largest absolute Gasteiger partial charge is 0.490 e. The SMILES string of the molecule is Nc1ncnc2c1nc(SC1CCCCCC1)n2[C@@H]1O[C@H](COP(=O)(O)OP(=O)(O)OP(=O)(O)O)[C@@H](O)[C@H]1O. The Hall–Kier alpha value is -1.01. The van der Waals surface area contributed by atoms with Gasteiger partial charge in [-0.05, 0) is 12.8 Å². The normalized spacial score (nSPS) is 28.3. The van der Waals surface area contributed by atoms with Crippen molar-refractivity contribution in [1.82, 2.24) is 19.5 Å². The molecule has 0 aromatic carbocycles. The first-order valence-electron chi connectivity index (χ1n) is 11.6. The third-order valence-electron chi connectivity index (χ3n) is 5.96. The third kappa shape index (κ3) is 7.84. The zero-order valence-electron chi connectivity index (χ0n) is 20.1. The number of aliphatic hydroxyl groups is 2. The molecule has 8 N–H and O–H groups in total. The molecule has 6 atom stereocenters. The zero-order valence-corrected chi connectivity index (χ0v) is 23.6. The summed E-state index contributed by atoms with van der Waals surface area (Å²) >= 11 is 1.44. The maximum absolute atomic E-state index is 12.1. The molecule has 1 aliphatic heterocycles. The predicted molar refractivity (Wildman–Crippen MR) is 133 cm³/mol. The molecule has 0 radical (unpaired) electrons. The summed E-state index contributed by atoms with van der Waals surface area (Å²) in [6.45, 7) is -0.951. The van der Waals surface area contributed by atoms with Gasteiger partial charge in [0.1, 0.15) is 24.6 Å². The molecule has 22 heteroatoms. The van der Waals surface area contributed by atoms with Crippen LogP contribution in [0, 0.1) is 0 Å². The number of imidazole rings is 1. The van der Waals surface area contributed by atoms with Crippen LogP contribution in [0.25, 0.3) is 11.2 Å². The van der Waals surface area contributed by atoms with Crippen LogP contribution in [0.4, 0.5) is 5.82 Å². The summed E-state index contributed by atoms with van der Waals surface area (Å²) in [5.41, 5.74) is 6.44. The zero-order chi connectivity index (χ0) is 28.6. The molecule has 1 aliphatic carbocycles. The minimum Gasteiger partial charge on any atom is -0.387 e. The molecule has 2 aromatic rings. The van der Waals surface area contributed by atoms with Crippen molar-refractivity contribution in [3.05, 3.63) is 6.33 Å². The summed E-state index contributed by atoms with van der Waals surface area (Å²) < 4.78 is 53.5. The lowest BCUT2D eigenvalue weighted by Crippen LogP contribution is -2.33. The van der Waals surface area contributed by atoms with E-state index in [0.717, 1.165) is 38.5 Å². The lowest BCUT2D eigenvalue weighted by molar-refractivity contribution is -0.0540. The molecule has 2 fully saturated rings. The van der Waals surface area contributed by atoms with Gasteiger partial charge in [0.2, 0.25) is 0 Å². The van der Waals surface area contributed by atoms with Crippen molar-refractivity contribution >= 4 is 52.2 Å². The predicted octanol–water partition coefficient (Wildman–Crippen LogP) is 1.19. The summed E-state index contributed by atoms with van der Waals surface area (Å²) in [5.74, 6) is 0.0821. The van der Waals surface area contributed by atoms with E-state index in [2.05, 4.69) is 28.1 Å². The van der Waals surface area contributed by atoms with Crippen molar-refractivity contribution in [2.24, 2.45) is 0 Å². The van der Waals surface area contributed by atoms with Crippen molar-refractivity contribution in [3.63, 3.8) is 0 Å². The average molecular weight is 635 g/mol. The molecular formula is C17H28N5O13P3S. The van der Waals surface area contributed by atoms with Crippen molar-refractivity contribution in [3.8, 4) is 0 Å². The molecule has 2 aliphatic rings. The van der Waals surface area contributed by atoms with Gasteiger partial charge < -0.3 is 40.3 Å². The van der Waals surface area contributed by atoms with E-state index in [1.807, 2.05) is 0 Å². The molecule has 4 rings (SSSR count). The molecule has 1 saturated heterocycles. The highest BCUT2D eigenvalue weighted by Gasteiger charge is 2.47. The molecular weight excluding hydrogens is 607 g/mol. The molecule has 2 aromatic heterocycles. The second kappa shape index (κ2) is 12.1. The van der Waals surface area contributed by atoms with E-state index in [1.165, 1.54) is 22.7 Å². The molecule has 18 nitrogen and oxygen atoms in total. The van der Waals surface area contributed by atoms with Crippen molar-refractivity contribution < 1.29 is 61.4 Å². The van der Waals surface area contributed by atoms with Gasteiger partial charge in [-0.25, -0.2) is 28.6 Å². The number of hydrogen-bond acceptors (Lipinski definition) is 14. The summed E-state index contributed by atoms with van der Waals surface area (Å²) in [4.78, 5) is 49.0. The van der Waals surface area contributed by atoms with Crippen LogP contribution in [0.2, 0.25) is 0 Å². The van der Waals surface area contributed by atoms with Crippen LogP contribution >= 0.6 is 35.2 Å². The molecule has 0 bridgehead atoms. The summed E-state index contributed by atoms with van der Waals surface area (Å²) in [6, 6.07) is 0. The van der Waals surface area contributed by atoms with Crippen LogP contribution < -0.4 is 5.73 Å². The second-order valence-corrected chi connectivity index (χ2v) is 14.5. The molecule has 2 unspecified atom stereocenters. The van der Waals surface area contributed by atoms with E-state index in [4.69, 9.17) is 20.3 Å². The maximum atomic E-state index is 12.1. The first kappa shape index (κ1) is 30.9. The van der Waals surface area contributed by atoms with Crippen molar-refractivity contribution in [2.45, 2.75) is 73.5 Å². The number of rotatable bonds is 10. The highest BCUT2D eigenvalue weighted by atomic mass is 32.2. The fourth-order valence-corrected chi connectivity index (χ4v) is 8.62. The summed E-state index contributed by atoms with van der Waals surface area (Å²) in [5, 5.41) is 22.0. The van der Waals surface area contributed by atoms with Gasteiger partial charge in [-0.1, -0.05) is 37.4 Å². The fraction of sp³-hybridized carbons (Fsp3) is 0.706. The Balaban J connectivity index is 1.54. The average Bonchev–Trinajstić information content (AvgIpc) is 3.15. The minimum absolute atomic E-state index is 0.0821. The lowest BCUT2D eigenvalue weighted by atomic mass is 10.1. The number of aliphatic hydroxyl groups excluding tert-OH is 2. The molecule has 3 heterocycles. The van der Waals surface area contributed by atoms with Gasteiger partial charge in [0.15, 0.2) is 28.4 Å². The number of ether oxygens (including phenoxy) is 1. The van der Waals surface area contributed by atoms with E-state index in [1.54, 1.807) is 0 Å². The third-order valence-corrected chi connectivity index (χ3v) is 11.1. The first-order valence-corrected chi connectivity index (χ1v) is 17.0. The number of aromatic nitrogens is 4. The first-order chi connectivity index (χ1) is 18.2. The number of phosphoric ester groups is 1. The Kier molecular flexibility index (Phi) is 9.58. The smallest absolute Gasteiger partial charge is 0.387 e. The summed E-state index contributed by atoms with van der Waals surface area (Å²) in [7, 11) is -16.8. The highest BCUT2D eigenvalue weighted by Crippen LogP contribution is 2.66. The Morgan fingerprint density at radius 1 is 1.00 bits per heavy atom. The number of nitrogens with two attached hydrogens (primary N) is 1. The number of nitrogen functional groups attached to an aromatic ring is 1. The quantitative estimate of drug-likeness (QED) is 0.142. The Labute approximate surface area is 225 Å². The van der Waals surface area contributed by atoms with E-state index in [9.17, 15) is 33.7 Å². The topological polar surface area (TPSA) is 279 Å². The molecule has 1 saturated carbocycles. The van der Waals surface area contributed by atoms with Crippen molar-refractivity contribution in [2.75, 3.05) is 12.3 Å². The number of anilines is 1. The van der Waals surface area contributed by atoms with E-state index >= 15 is 0 Å². The Morgan fingerprint density at radius 3 is 2.31 bits per heavy atom. The summed E-state index contributed by atoms with van der Waals surface area (Å²) in [6.07, 6.45) is 1.34. The van der Waals surface area contributed by atoms with Gasteiger partial charge in [-0.15, -0.1) is 0 Å². The van der Waals surface area contributed by atoms with E-state index < -0.39 is 54.6 Å². The second-order valence-electron chi connectivity index (χ2n) is 8.86. The van der Waals surface area contributed by atoms with Gasteiger partial charge in [0.25, 0.3) is 0 Å². The minimum atomic E-state index is -5.73. The highest BCUT2D eigenvalue weighted by molar-refractivity contribution is 7.99. The number of nitrogens with zero attached hydrogens (tertiary/aromatic N) is 4. The molecule has 0 amide bonds. The Bertz CT molecular complexity index is 1320. The van der Waals surface area contributed by atoms with Crippen LogP contribution in [0.5, 0.6) is 0 Å². The van der Waals surface area contributed by atoms with Crippen molar-refractivity contribution in [1.29, 1.82) is 0 Å². The number of hydrogen-bond donors (Lipinski definition) is 7. The van der Waals surface area contributed by atoms with Crippen LogP contribution in [-0.2, 0) is 31.6 Å². The lowest BCUT2D eigenvalue weighted by Gasteiger charge is -2.21.